The lowest BCUT2D eigenvalue weighted by Gasteiger charge is -2.10. The molecule has 0 atom stereocenters. The molecule has 0 saturated heterocycles. The molecule has 1 aliphatic rings. The van der Waals surface area contributed by atoms with E-state index < -0.39 is 15.8 Å². The fraction of sp³-hybridized carbons (Fsp3) is 0.600. The van der Waals surface area contributed by atoms with Crippen LogP contribution in [-0.4, -0.2) is 21.0 Å². The molecular weight excluding hydrogens is 291 g/mol. The van der Waals surface area contributed by atoms with Crippen LogP contribution in [0.15, 0.2) is 23.1 Å². The van der Waals surface area contributed by atoms with Gasteiger partial charge in [-0.25, -0.2) is 17.5 Å². The SMILES string of the molecule is CCCCCNS(=O)(=O)c1cc(CNC2CC2)ccc1F. The van der Waals surface area contributed by atoms with Crippen LogP contribution >= 0.6 is 0 Å². The van der Waals surface area contributed by atoms with Crippen LogP contribution in [0.4, 0.5) is 4.39 Å². The first-order valence-electron chi connectivity index (χ1n) is 7.54. The summed E-state index contributed by atoms with van der Waals surface area (Å²) >= 11 is 0. The zero-order valence-electron chi connectivity index (χ0n) is 12.4. The summed E-state index contributed by atoms with van der Waals surface area (Å²) in [5, 5.41) is 3.29. The Morgan fingerprint density at radius 1 is 1.29 bits per heavy atom. The maximum atomic E-state index is 13.8. The third kappa shape index (κ3) is 5.05. The van der Waals surface area contributed by atoms with Gasteiger partial charge in [-0.15, -0.1) is 0 Å². The topological polar surface area (TPSA) is 58.2 Å². The highest BCUT2D eigenvalue weighted by Crippen LogP contribution is 2.21. The highest BCUT2D eigenvalue weighted by atomic mass is 32.2. The Morgan fingerprint density at radius 2 is 2.05 bits per heavy atom. The molecule has 118 valence electrons. The van der Waals surface area contributed by atoms with E-state index in [0.29, 0.717) is 19.1 Å². The summed E-state index contributed by atoms with van der Waals surface area (Å²) in [6.45, 7) is 2.97. The van der Waals surface area contributed by atoms with E-state index in [-0.39, 0.29) is 4.90 Å². The normalized spacial score (nSPS) is 15.3. The second-order valence-electron chi connectivity index (χ2n) is 5.52. The maximum absolute atomic E-state index is 13.8. The van der Waals surface area contributed by atoms with Gasteiger partial charge in [-0.05, 0) is 37.0 Å². The molecular formula is C15H23FN2O2S. The molecule has 1 aliphatic carbocycles. The van der Waals surface area contributed by atoms with Crippen LogP contribution in [0, 0.1) is 5.82 Å². The fourth-order valence-corrected chi connectivity index (χ4v) is 3.27. The van der Waals surface area contributed by atoms with Crippen LogP contribution in [0.5, 0.6) is 0 Å². The van der Waals surface area contributed by atoms with Crippen molar-refractivity contribution in [2.24, 2.45) is 0 Å². The Labute approximate surface area is 126 Å². The summed E-state index contributed by atoms with van der Waals surface area (Å²) in [6.07, 6.45) is 5.05. The number of sulfonamides is 1. The van der Waals surface area contributed by atoms with Gasteiger partial charge in [-0.2, -0.15) is 0 Å². The molecule has 0 radical (unpaired) electrons. The van der Waals surface area contributed by atoms with Crippen molar-refractivity contribution in [3.05, 3.63) is 29.6 Å². The molecule has 0 bridgehead atoms. The first-order valence-corrected chi connectivity index (χ1v) is 9.02. The Morgan fingerprint density at radius 3 is 2.71 bits per heavy atom. The molecule has 0 aromatic heterocycles. The lowest BCUT2D eigenvalue weighted by molar-refractivity contribution is 0.552. The van der Waals surface area contributed by atoms with Gasteiger partial charge in [0.05, 0.1) is 0 Å². The van der Waals surface area contributed by atoms with E-state index in [2.05, 4.69) is 10.0 Å². The Bertz CT molecular complexity index is 571. The number of rotatable bonds is 9. The molecule has 0 heterocycles. The van der Waals surface area contributed by atoms with Crippen LogP contribution in [-0.2, 0) is 16.6 Å². The molecule has 2 rings (SSSR count). The van der Waals surface area contributed by atoms with Crippen LogP contribution in [0.2, 0.25) is 0 Å². The molecule has 0 amide bonds. The number of benzene rings is 1. The molecule has 4 nitrogen and oxygen atoms in total. The van der Waals surface area contributed by atoms with E-state index in [4.69, 9.17) is 0 Å². The number of hydrogen-bond donors (Lipinski definition) is 2. The minimum atomic E-state index is -3.77. The molecule has 1 saturated carbocycles. The van der Waals surface area contributed by atoms with Crippen LogP contribution in [0.25, 0.3) is 0 Å². The summed E-state index contributed by atoms with van der Waals surface area (Å²) in [5.41, 5.74) is 0.789. The maximum Gasteiger partial charge on any atom is 0.243 e. The van der Waals surface area contributed by atoms with Crippen molar-refractivity contribution in [2.75, 3.05) is 6.54 Å². The molecule has 0 unspecified atom stereocenters. The molecule has 2 N–H and O–H groups in total. The van der Waals surface area contributed by atoms with Crippen LogP contribution < -0.4 is 10.0 Å². The van der Waals surface area contributed by atoms with Crippen molar-refractivity contribution < 1.29 is 12.8 Å². The average Bonchev–Trinajstić information content (AvgIpc) is 3.27. The number of nitrogens with one attached hydrogen (secondary N) is 2. The summed E-state index contributed by atoms with van der Waals surface area (Å²) < 4.78 is 40.6. The lowest BCUT2D eigenvalue weighted by Crippen LogP contribution is -2.26. The summed E-state index contributed by atoms with van der Waals surface area (Å²) in [4.78, 5) is -0.255. The second kappa shape index (κ2) is 7.33. The smallest absolute Gasteiger partial charge is 0.243 e. The zero-order chi connectivity index (χ0) is 15.3. The van der Waals surface area contributed by atoms with Gasteiger partial charge in [0.25, 0.3) is 0 Å². The van der Waals surface area contributed by atoms with Crippen molar-refractivity contribution >= 4 is 10.0 Å². The Hall–Kier alpha value is -0.980. The molecule has 6 heteroatoms. The van der Waals surface area contributed by atoms with Gasteiger partial charge >= 0.3 is 0 Å². The molecule has 0 spiro atoms. The van der Waals surface area contributed by atoms with Gasteiger partial charge in [0, 0.05) is 19.1 Å². The third-order valence-corrected chi connectivity index (χ3v) is 5.01. The fourth-order valence-electron chi connectivity index (χ4n) is 2.07. The summed E-state index contributed by atoms with van der Waals surface area (Å²) in [6, 6.07) is 4.81. The second-order valence-corrected chi connectivity index (χ2v) is 7.26. The van der Waals surface area contributed by atoms with Crippen molar-refractivity contribution in [1.29, 1.82) is 0 Å². The summed E-state index contributed by atoms with van der Waals surface area (Å²) in [7, 11) is -3.77. The number of unbranched alkanes of at least 4 members (excludes halogenated alkanes) is 2. The van der Waals surface area contributed by atoms with Gasteiger partial charge in [0.1, 0.15) is 10.7 Å². The van der Waals surface area contributed by atoms with Gasteiger partial charge in [-0.3, -0.25) is 0 Å². The third-order valence-electron chi connectivity index (χ3n) is 3.53. The van der Waals surface area contributed by atoms with Gasteiger partial charge in [-0.1, -0.05) is 25.8 Å². The predicted octanol–water partition coefficient (Wildman–Crippen LogP) is 2.55. The number of hydrogen-bond acceptors (Lipinski definition) is 3. The van der Waals surface area contributed by atoms with E-state index >= 15 is 0 Å². The quantitative estimate of drug-likeness (QED) is 0.689. The van der Waals surface area contributed by atoms with E-state index in [1.165, 1.54) is 12.1 Å². The monoisotopic (exact) mass is 314 g/mol. The summed E-state index contributed by atoms with van der Waals surface area (Å²) in [5.74, 6) is -0.701. The first-order chi connectivity index (χ1) is 10.0. The van der Waals surface area contributed by atoms with E-state index in [1.807, 2.05) is 6.92 Å². The van der Waals surface area contributed by atoms with Crippen molar-refractivity contribution in [2.45, 2.75) is 56.5 Å². The standard InChI is InChI=1S/C15H23FN2O2S/c1-2-3-4-9-18-21(19,20)15-10-12(5-8-14(15)16)11-17-13-6-7-13/h5,8,10,13,17-18H,2-4,6-7,9,11H2,1H3. The van der Waals surface area contributed by atoms with E-state index in [0.717, 1.165) is 37.7 Å². The van der Waals surface area contributed by atoms with Gasteiger partial charge < -0.3 is 5.32 Å². The molecule has 1 aromatic rings. The van der Waals surface area contributed by atoms with E-state index in [9.17, 15) is 12.8 Å². The van der Waals surface area contributed by atoms with Gasteiger partial charge in [0.2, 0.25) is 10.0 Å². The van der Waals surface area contributed by atoms with Gasteiger partial charge in [0.15, 0.2) is 0 Å². The van der Waals surface area contributed by atoms with Crippen LogP contribution in [0.1, 0.15) is 44.6 Å². The van der Waals surface area contributed by atoms with Crippen molar-refractivity contribution in [3.8, 4) is 0 Å². The largest absolute Gasteiger partial charge is 0.310 e. The first kappa shape index (κ1) is 16.4. The Kier molecular flexibility index (Phi) is 5.72. The minimum Gasteiger partial charge on any atom is -0.310 e. The predicted molar refractivity (Wildman–Crippen MR) is 81.0 cm³/mol. The van der Waals surface area contributed by atoms with Crippen molar-refractivity contribution in [3.63, 3.8) is 0 Å². The van der Waals surface area contributed by atoms with Crippen LogP contribution in [0.3, 0.4) is 0 Å². The molecule has 1 aromatic carbocycles. The Balaban J connectivity index is 2.03. The highest BCUT2D eigenvalue weighted by Gasteiger charge is 2.22. The molecule has 1 fully saturated rings. The highest BCUT2D eigenvalue weighted by molar-refractivity contribution is 7.89. The van der Waals surface area contributed by atoms with E-state index in [1.54, 1.807) is 6.07 Å². The lowest BCUT2D eigenvalue weighted by atomic mass is 10.2. The number of halogens is 1. The molecule has 21 heavy (non-hydrogen) atoms. The molecule has 0 aliphatic heterocycles. The van der Waals surface area contributed by atoms with Crippen molar-refractivity contribution in [1.82, 2.24) is 10.0 Å². The zero-order valence-corrected chi connectivity index (χ0v) is 13.2. The average molecular weight is 314 g/mol. The minimum absolute atomic E-state index is 0.255.